The number of nitrogens with zero attached hydrogens (tertiary/aromatic N) is 2. The van der Waals surface area contributed by atoms with Gasteiger partial charge in [-0.1, -0.05) is 53.3 Å². The predicted molar refractivity (Wildman–Crippen MR) is 129 cm³/mol. The summed E-state index contributed by atoms with van der Waals surface area (Å²) >= 11 is 1.10. The molecule has 0 aliphatic carbocycles. The second-order valence-electron chi connectivity index (χ2n) is 7.92. The van der Waals surface area contributed by atoms with E-state index < -0.39 is 23.5 Å². The molecular formula is C26H19FN2O4S. The fourth-order valence-corrected chi connectivity index (χ4v) is 5.03. The van der Waals surface area contributed by atoms with Crippen LogP contribution in [0.3, 0.4) is 0 Å². The smallest absolute Gasteiger partial charge is 0.301 e. The van der Waals surface area contributed by atoms with Gasteiger partial charge in [0.25, 0.3) is 5.78 Å². The number of ketones is 1. The molecule has 4 aromatic rings. The molecule has 6 nitrogen and oxygen atoms in total. The molecule has 2 heterocycles. The number of fused-ring (bicyclic) bond motifs is 1. The summed E-state index contributed by atoms with van der Waals surface area (Å²) in [5.41, 5.74) is 2.43. The molecule has 1 atom stereocenters. The van der Waals surface area contributed by atoms with Crippen LogP contribution in [0.5, 0.6) is 5.75 Å². The summed E-state index contributed by atoms with van der Waals surface area (Å²) in [6, 6.07) is 17.2. The highest BCUT2D eigenvalue weighted by Crippen LogP contribution is 2.44. The lowest BCUT2D eigenvalue weighted by molar-refractivity contribution is -0.132. The van der Waals surface area contributed by atoms with Crippen molar-refractivity contribution in [2.45, 2.75) is 13.0 Å². The molecule has 1 amide bonds. The summed E-state index contributed by atoms with van der Waals surface area (Å²) in [5.74, 6) is -1.81. The van der Waals surface area contributed by atoms with Crippen molar-refractivity contribution in [2.24, 2.45) is 0 Å². The summed E-state index contributed by atoms with van der Waals surface area (Å²) < 4.78 is 19.6. The molecule has 3 aromatic carbocycles. The van der Waals surface area contributed by atoms with Gasteiger partial charge in [0.2, 0.25) is 0 Å². The third kappa shape index (κ3) is 3.62. The van der Waals surface area contributed by atoms with Crippen LogP contribution in [0, 0.1) is 12.7 Å². The maximum absolute atomic E-state index is 13.8. The molecule has 1 aromatic heterocycles. The Kier molecular flexibility index (Phi) is 5.37. The Morgan fingerprint density at radius 1 is 1.09 bits per heavy atom. The van der Waals surface area contributed by atoms with Gasteiger partial charge in [-0.25, -0.2) is 9.37 Å². The van der Waals surface area contributed by atoms with Crippen molar-refractivity contribution in [2.75, 3.05) is 12.0 Å². The summed E-state index contributed by atoms with van der Waals surface area (Å²) in [6.45, 7) is 1.91. The number of aliphatic hydroxyl groups is 1. The second kappa shape index (κ2) is 8.39. The van der Waals surface area contributed by atoms with E-state index in [0.29, 0.717) is 27.1 Å². The van der Waals surface area contributed by atoms with Crippen LogP contribution in [0.25, 0.3) is 16.0 Å². The molecule has 0 bridgehead atoms. The molecular weight excluding hydrogens is 455 g/mol. The lowest BCUT2D eigenvalue weighted by Gasteiger charge is -2.23. The number of carbonyl (C=O) groups is 2. The molecule has 1 saturated heterocycles. The zero-order valence-corrected chi connectivity index (χ0v) is 19.1. The van der Waals surface area contributed by atoms with E-state index in [2.05, 4.69) is 4.98 Å². The van der Waals surface area contributed by atoms with Crippen LogP contribution >= 0.6 is 11.3 Å². The standard InChI is InChI=1S/C26H19FN2O4S/c1-14-6-8-15(9-7-14)23(30)21-22(16-4-3-5-18(12-16)33-2)29(25(32)24(21)31)26-28-19-11-10-17(27)13-20(19)34-26/h3-13,22,30H,1-2H3/b23-21+/t22-/m1/s1. The lowest BCUT2D eigenvalue weighted by Crippen LogP contribution is -2.29. The number of hydrogen-bond acceptors (Lipinski definition) is 6. The number of aromatic nitrogens is 1. The zero-order chi connectivity index (χ0) is 24.0. The molecule has 1 aliphatic rings. The number of thiazole rings is 1. The molecule has 1 fully saturated rings. The van der Waals surface area contributed by atoms with Crippen molar-refractivity contribution in [3.63, 3.8) is 0 Å². The third-order valence-corrected chi connectivity index (χ3v) is 6.74. The van der Waals surface area contributed by atoms with E-state index in [4.69, 9.17) is 4.74 Å². The number of benzene rings is 3. The van der Waals surface area contributed by atoms with E-state index in [9.17, 15) is 19.1 Å². The molecule has 0 unspecified atom stereocenters. The topological polar surface area (TPSA) is 79.7 Å². The van der Waals surface area contributed by atoms with Crippen molar-refractivity contribution >= 4 is 44.1 Å². The van der Waals surface area contributed by atoms with Gasteiger partial charge in [-0.2, -0.15) is 0 Å². The molecule has 1 N–H and O–H groups in total. The van der Waals surface area contributed by atoms with Crippen molar-refractivity contribution in [1.29, 1.82) is 0 Å². The van der Waals surface area contributed by atoms with E-state index in [-0.39, 0.29) is 16.5 Å². The Balaban J connectivity index is 1.74. The van der Waals surface area contributed by atoms with Crippen molar-refractivity contribution in [1.82, 2.24) is 4.98 Å². The molecule has 1 aliphatic heterocycles. The fourth-order valence-electron chi connectivity index (χ4n) is 4.01. The molecule has 0 radical (unpaired) electrons. The maximum atomic E-state index is 13.8. The Bertz CT molecular complexity index is 1480. The van der Waals surface area contributed by atoms with Gasteiger partial charge in [0.05, 0.1) is 28.9 Å². The number of aliphatic hydroxyl groups excluding tert-OH is 1. The van der Waals surface area contributed by atoms with Crippen LogP contribution in [0.1, 0.15) is 22.7 Å². The number of hydrogen-bond donors (Lipinski definition) is 1. The van der Waals surface area contributed by atoms with Gasteiger partial charge in [-0.3, -0.25) is 14.5 Å². The van der Waals surface area contributed by atoms with E-state index in [1.54, 1.807) is 36.4 Å². The average Bonchev–Trinajstić information content (AvgIpc) is 3.37. The van der Waals surface area contributed by atoms with Crippen LogP contribution < -0.4 is 9.64 Å². The number of ether oxygens (including phenoxy) is 1. The van der Waals surface area contributed by atoms with Crippen LogP contribution in [-0.2, 0) is 9.59 Å². The lowest BCUT2D eigenvalue weighted by atomic mass is 9.95. The summed E-state index contributed by atoms with van der Waals surface area (Å²) in [7, 11) is 1.52. The normalized spacial score (nSPS) is 17.5. The van der Waals surface area contributed by atoms with Crippen LogP contribution in [0.2, 0.25) is 0 Å². The number of methoxy groups -OCH3 is 1. The first-order valence-electron chi connectivity index (χ1n) is 10.5. The van der Waals surface area contributed by atoms with E-state index in [0.717, 1.165) is 16.9 Å². The average molecular weight is 475 g/mol. The number of amides is 1. The second-order valence-corrected chi connectivity index (χ2v) is 8.93. The highest BCUT2D eigenvalue weighted by Gasteiger charge is 2.48. The molecule has 34 heavy (non-hydrogen) atoms. The molecule has 8 heteroatoms. The van der Waals surface area contributed by atoms with Crippen LogP contribution in [0.15, 0.2) is 72.3 Å². The summed E-state index contributed by atoms with van der Waals surface area (Å²) in [5, 5.41) is 11.4. The van der Waals surface area contributed by atoms with Crippen molar-refractivity contribution < 1.29 is 23.8 Å². The SMILES string of the molecule is COc1cccc([C@@H]2/C(=C(\O)c3ccc(C)cc3)C(=O)C(=O)N2c2nc3ccc(F)cc3s2)c1. The largest absolute Gasteiger partial charge is 0.507 e. The number of anilines is 1. The minimum Gasteiger partial charge on any atom is -0.507 e. The predicted octanol–water partition coefficient (Wildman–Crippen LogP) is 5.38. The van der Waals surface area contributed by atoms with E-state index in [1.165, 1.54) is 30.2 Å². The first-order chi connectivity index (χ1) is 16.4. The number of rotatable bonds is 4. The highest BCUT2D eigenvalue weighted by atomic mass is 32.1. The molecule has 5 rings (SSSR count). The van der Waals surface area contributed by atoms with Gasteiger partial charge in [0.1, 0.15) is 17.3 Å². The van der Waals surface area contributed by atoms with Gasteiger partial charge in [-0.15, -0.1) is 0 Å². The molecule has 170 valence electrons. The monoisotopic (exact) mass is 474 g/mol. The first kappa shape index (κ1) is 21.8. The van der Waals surface area contributed by atoms with Gasteiger partial charge in [0, 0.05) is 5.56 Å². The Labute approximate surface area is 198 Å². The maximum Gasteiger partial charge on any atom is 0.301 e. The van der Waals surface area contributed by atoms with Gasteiger partial charge in [-0.05, 0) is 42.8 Å². The van der Waals surface area contributed by atoms with E-state index in [1.807, 2.05) is 19.1 Å². The Morgan fingerprint density at radius 2 is 1.85 bits per heavy atom. The van der Waals surface area contributed by atoms with Gasteiger partial charge >= 0.3 is 5.91 Å². The Hall–Kier alpha value is -4.04. The van der Waals surface area contributed by atoms with Crippen molar-refractivity contribution in [3.8, 4) is 5.75 Å². The van der Waals surface area contributed by atoms with Crippen molar-refractivity contribution in [3.05, 3.63) is 94.8 Å². The van der Waals surface area contributed by atoms with Crippen LogP contribution in [0.4, 0.5) is 9.52 Å². The molecule has 0 spiro atoms. The molecule has 0 saturated carbocycles. The number of aryl methyl sites for hydroxylation is 1. The summed E-state index contributed by atoms with van der Waals surface area (Å²) in [4.78, 5) is 32.3. The minimum absolute atomic E-state index is 0.0486. The zero-order valence-electron chi connectivity index (χ0n) is 18.3. The quantitative estimate of drug-likeness (QED) is 0.244. The van der Waals surface area contributed by atoms with Gasteiger partial charge in [0.15, 0.2) is 5.13 Å². The highest BCUT2D eigenvalue weighted by molar-refractivity contribution is 7.22. The van der Waals surface area contributed by atoms with Crippen LogP contribution in [-0.4, -0.2) is 28.9 Å². The summed E-state index contributed by atoms with van der Waals surface area (Å²) in [6.07, 6.45) is 0. The fraction of sp³-hybridized carbons (Fsp3) is 0.115. The van der Waals surface area contributed by atoms with E-state index >= 15 is 0 Å². The third-order valence-electron chi connectivity index (χ3n) is 5.72. The minimum atomic E-state index is -0.943. The van der Waals surface area contributed by atoms with Gasteiger partial charge < -0.3 is 9.84 Å². The number of Topliss-reactive ketones (excluding diaryl/α,β-unsaturated/α-hetero) is 1. The number of carbonyl (C=O) groups excluding carboxylic acids is 2. The first-order valence-corrected chi connectivity index (χ1v) is 11.3. The Morgan fingerprint density at radius 3 is 2.59 bits per heavy atom. The number of halogens is 1.